The highest BCUT2D eigenvalue weighted by molar-refractivity contribution is 5.94. The number of benzene rings is 3. The minimum Gasteiger partial charge on any atom is -0.340 e. The van der Waals surface area contributed by atoms with E-state index < -0.39 is 0 Å². The van der Waals surface area contributed by atoms with Crippen LogP contribution in [0.4, 0.5) is 5.95 Å². The van der Waals surface area contributed by atoms with Crippen LogP contribution in [0, 0.1) is 0 Å². The van der Waals surface area contributed by atoms with Crippen LogP contribution in [0.3, 0.4) is 0 Å². The summed E-state index contributed by atoms with van der Waals surface area (Å²) in [6.07, 6.45) is 2.91. The number of carbonyl (C=O) groups is 1. The minimum absolute atomic E-state index is 0.0611. The van der Waals surface area contributed by atoms with Gasteiger partial charge in [0.15, 0.2) is 0 Å². The molecule has 0 N–H and O–H groups in total. The Hall–Kier alpha value is -3.77. The van der Waals surface area contributed by atoms with Crippen molar-refractivity contribution in [1.29, 1.82) is 0 Å². The van der Waals surface area contributed by atoms with E-state index in [0.29, 0.717) is 12.6 Å². The fourth-order valence-corrected chi connectivity index (χ4v) is 4.69. The summed E-state index contributed by atoms with van der Waals surface area (Å²) in [5.41, 5.74) is 2.78. The maximum atomic E-state index is 12.6. The Labute approximate surface area is 206 Å². The Bertz CT molecular complexity index is 1310. The normalized spacial score (nSPS) is 15.6. The first-order valence-corrected chi connectivity index (χ1v) is 12.2. The fraction of sp³-hybridized carbons (Fsp3) is 0.276. The largest absolute Gasteiger partial charge is 0.340 e. The summed E-state index contributed by atoms with van der Waals surface area (Å²) < 4.78 is 0. The Morgan fingerprint density at radius 2 is 1.71 bits per heavy atom. The molecule has 3 aromatic carbocycles. The molecule has 6 heteroatoms. The van der Waals surface area contributed by atoms with E-state index in [2.05, 4.69) is 64.3 Å². The molecule has 0 aliphatic carbocycles. The summed E-state index contributed by atoms with van der Waals surface area (Å²) in [6, 6.07) is 26.7. The van der Waals surface area contributed by atoms with Crippen LogP contribution >= 0.6 is 0 Å². The standard InChI is InChI=1S/C29H31N5O/c1-32(18-19-33(2)28(35)23-9-4-3-5-10-23)26-15-17-34(21-26)29-30-16-14-27(31-29)25-13-12-22-8-6-7-11-24(22)20-25/h3-14,16,20,26H,15,17-19,21H2,1-2H3/t26-/m1/s1. The van der Waals surface area contributed by atoms with Gasteiger partial charge in [-0.15, -0.1) is 0 Å². The molecule has 1 aromatic heterocycles. The van der Waals surface area contributed by atoms with E-state index in [1.807, 2.05) is 49.6 Å². The van der Waals surface area contributed by atoms with Crippen LogP contribution in [0.15, 0.2) is 85.1 Å². The van der Waals surface area contributed by atoms with Crippen LogP contribution in [-0.4, -0.2) is 72.0 Å². The Balaban J connectivity index is 1.20. The molecule has 4 aromatic rings. The van der Waals surface area contributed by atoms with E-state index in [0.717, 1.165) is 48.8 Å². The third-order valence-electron chi connectivity index (χ3n) is 6.91. The molecule has 0 saturated carbocycles. The average Bonchev–Trinajstić information content (AvgIpc) is 3.42. The molecular weight excluding hydrogens is 434 g/mol. The number of anilines is 1. The van der Waals surface area contributed by atoms with Gasteiger partial charge in [0.2, 0.25) is 5.95 Å². The Morgan fingerprint density at radius 3 is 2.54 bits per heavy atom. The van der Waals surface area contributed by atoms with Gasteiger partial charge in [-0.05, 0) is 48.5 Å². The molecule has 0 spiro atoms. The highest BCUT2D eigenvalue weighted by atomic mass is 16.2. The predicted octanol–water partition coefficient (Wildman–Crippen LogP) is 4.58. The second-order valence-corrected chi connectivity index (χ2v) is 9.27. The molecule has 0 radical (unpaired) electrons. The third kappa shape index (κ3) is 5.17. The summed E-state index contributed by atoms with van der Waals surface area (Å²) in [7, 11) is 4.01. The first-order valence-electron chi connectivity index (χ1n) is 12.2. The van der Waals surface area contributed by atoms with Crippen molar-refractivity contribution in [2.24, 2.45) is 0 Å². The van der Waals surface area contributed by atoms with E-state index >= 15 is 0 Å². The number of likely N-dealkylation sites (N-methyl/N-ethyl adjacent to an activating group) is 2. The minimum atomic E-state index is 0.0611. The lowest BCUT2D eigenvalue weighted by Crippen LogP contribution is -2.40. The quantitative estimate of drug-likeness (QED) is 0.400. The molecule has 1 aliphatic rings. The van der Waals surface area contributed by atoms with Gasteiger partial charge < -0.3 is 9.80 Å². The molecule has 35 heavy (non-hydrogen) atoms. The van der Waals surface area contributed by atoms with E-state index in [9.17, 15) is 4.79 Å². The monoisotopic (exact) mass is 465 g/mol. The first kappa shape index (κ1) is 23.0. The van der Waals surface area contributed by atoms with E-state index in [4.69, 9.17) is 4.98 Å². The van der Waals surface area contributed by atoms with Crippen LogP contribution in [-0.2, 0) is 0 Å². The molecule has 0 bridgehead atoms. The van der Waals surface area contributed by atoms with Crippen molar-refractivity contribution >= 4 is 22.6 Å². The maximum Gasteiger partial charge on any atom is 0.253 e. The van der Waals surface area contributed by atoms with Crippen molar-refractivity contribution in [2.45, 2.75) is 12.5 Å². The van der Waals surface area contributed by atoms with Crippen molar-refractivity contribution in [3.05, 3.63) is 90.6 Å². The molecule has 1 amide bonds. The van der Waals surface area contributed by atoms with Crippen molar-refractivity contribution < 1.29 is 4.79 Å². The summed E-state index contributed by atoms with van der Waals surface area (Å²) in [4.78, 5) is 28.5. The number of carbonyl (C=O) groups excluding carboxylic acids is 1. The molecule has 1 aliphatic heterocycles. The van der Waals surface area contributed by atoms with Gasteiger partial charge in [-0.3, -0.25) is 9.69 Å². The molecule has 5 rings (SSSR count). The van der Waals surface area contributed by atoms with Crippen LogP contribution in [0.1, 0.15) is 16.8 Å². The second kappa shape index (κ2) is 10.2. The zero-order valence-corrected chi connectivity index (χ0v) is 20.3. The number of amides is 1. The van der Waals surface area contributed by atoms with Gasteiger partial charge >= 0.3 is 0 Å². The summed E-state index contributed by atoms with van der Waals surface area (Å²) in [5.74, 6) is 0.842. The van der Waals surface area contributed by atoms with Crippen molar-refractivity contribution in [3.8, 4) is 11.3 Å². The van der Waals surface area contributed by atoms with Crippen LogP contribution in [0.2, 0.25) is 0 Å². The summed E-state index contributed by atoms with van der Waals surface area (Å²) >= 11 is 0. The number of aromatic nitrogens is 2. The van der Waals surface area contributed by atoms with Gasteiger partial charge in [0, 0.05) is 56.6 Å². The smallest absolute Gasteiger partial charge is 0.253 e. The van der Waals surface area contributed by atoms with Gasteiger partial charge in [0.25, 0.3) is 5.91 Å². The van der Waals surface area contributed by atoms with Gasteiger partial charge in [-0.25, -0.2) is 9.97 Å². The van der Waals surface area contributed by atoms with Gasteiger partial charge in [0.1, 0.15) is 0 Å². The topological polar surface area (TPSA) is 52.6 Å². The average molecular weight is 466 g/mol. The van der Waals surface area contributed by atoms with E-state index in [1.165, 1.54) is 10.8 Å². The molecule has 1 atom stereocenters. The molecule has 6 nitrogen and oxygen atoms in total. The van der Waals surface area contributed by atoms with Crippen LogP contribution < -0.4 is 4.90 Å². The van der Waals surface area contributed by atoms with Gasteiger partial charge in [0.05, 0.1) is 5.69 Å². The molecule has 2 heterocycles. The Kier molecular flexibility index (Phi) is 6.73. The summed E-state index contributed by atoms with van der Waals surface area (Å²) in [6.45, 7) is 3.32. The third-order valence-corrected chi connectivity index (χ3v) is 6.91. The highest BCUT2D eigenvalue weighted by Crippen LogP contribution is 2.25. The molecule has 1 fully saturated rings. The number of hydrogen-bond donors (Lipinski definition) is 0. The van der Waals surface area contributed by atoms with Gasteiger partial charge in [-0.1, -0.05) is 54.6 Å². The zero-order valence-electron chi connectivity index (χ0n) is 20.3. The number of hydrogen-bond acceptors (Lipinski definition) is 5. The number of fused-ring (bicyclic) bond motifs is 1. The molecule has 178 valence electrons. The SMILES string of the molecule is CN(CCN(C)[C@@H]1CCN(c2nccc(-c3ccc4ccccc4c3)n2)C1)C(=O)c1ccccc1. The highest BCUT2D eigenvalue weighted by Gasteiger charge is 2.27. The Morgan fingerprint density at radius 1 is 0.943 bits per heavy atom. The first-order chi connectivity index (χ1) is 17.1. The maximum absolute atomic E-state index is 12.6. The molecule has 0 unspecified atom stereocenters. The van der Waals surface area contributed by atoms with Crippen molar-refractivity contribution in [1.82, 2.24) is 19.8 Å². The van der Waals surface area contributed by atoms with Crippen molar-refractivity contribution in [3.63, 3.8) is 0 Å². The fourth-order valence-electron chi connectivity index (χ4n) is 4.69. The number of rotatable bonds is 7. The number of nitrogens with zero attached hydrogens (tertiary/aromatic N) is 5. The second-order valence-electron chi connectivity index (χ2n) is 9.27. The van der Waals surface area contributed by atoms with E-state index in [1.54, 1.807) is 4.90 Å². The van der Waals surface area contributed by atoms with Crippen LogP contribution in [0.25, 0.3) is 22.0 Å². The molecule has 1 saturated heterocycles. The lowest BCUT2D eigenvalue weighted by molar-refractivity contribution is 0.0776. The van der Waals surface area contributed by atoms with Gasteiger partial charge in [-0.2, -0.15) is 0 Å². The molecular formula is C29H31N5O. The lowest BCUT2D eigenvalue weighted by atomic mass is 10.1. The van der Waals surface area contributed by atoms with Crippen molar-refractivity contribution in [2.75, 3.05) is 45.2 Å². The lowest BCUT2D eigenvalue weighted by Gasteiger charge is -2.27. The van der Waals surface area contributed by atoms with E-state index in [-0.39, 0.29) is 5.91 Å². The predicted molar refractivity (Wildman–Crippen MR) is 142 cm³/mol. The zero-order chi connectivity index (χ0) is 24.2. The summed E-state index contributed by atoms with van der Waals surface area (Å²) in [5, 5.41) is 2.44. The van der Waals surface area contributed by atoms with Crippen LogP contribution in [0.5, 0.6) is 0 Å².